The molecule has 3 heterocycles. The van der Waals surface area contributed by atoms with Crippen molar-refractivity contribution in [1.82, 2.24) is 9.78 Å². The van der Waals surface area contributed by atoms with E-state index in [1.807, 2.05) is 19.1 Å². The maximum absolute atomic E-state index is 12.5. The molecular weight excluding hydrogens is 330 g/mol. The van der Waals surface area contributed by atoms with Crippen LogP contribution in [0.15, 0.2) is 28.9 Å². The Morgan fingerprint density at radius 3 is 2.96 bits per heavy atom. The average Bonchev–Trinajstić information content (AvgIpc) is 2.86. The van der Waals surface area contributed by atoms with E-state index in [-0.39, 0.29) is 35.3 Å². The van der Waals surface area contributed by atoms with Crippen LogP contribution < -0.4 is 5.32 Å². The predicted molar refractivity (Wildman–Crippen MR) is 87.5 cm³/mol. The second kappa shape index (κ2) is 5.47. The molecule has 1 saturated heterocycles. The first-order chi connectivity index (χ1) is 11.4. The third-order valence-electron chi connectivity index (χ3n) is 4.70. The molecule has 1 amide bonds. The monoisotopic (exact) mass is 349 g/mol. The molecular formula is C16H19N3O4S. The molecule has 2 aromatic heterocycles. The Morgan fingerprint density at radius 2 is 2.29 bits per heavy atom. The SMILES string of the molecule is Cc1cc(NC(=O)[C@@H]2C[C@@H]2c2ccco2)n([C@H]2CCS(=O)(=O)C2)n1. The number of carbonyl (C=O) groups is 1. The largest absolute Gasteiger partial charge is 0.469 e. The number of amides is 1. The van der Waals surface area contributed by atoms with E-state index in [1.165, 1.54) is 0 Å². The molecule has 1 N–H and O–H groups in total. The Labute approximate surface area is 139 Å². The van der Waals surface area contributed by atoms with Crippen LogP contribution in [0.5, 0.6) is 0 Å². The minimum Gasteiger partial charge on any atom is -0.469 e. The lowest BCUT2D eigenvalue weighted by atomic mass is 10.2. The molecule has 24 heavy (non-hydrogen) atoms. The van der Waals surface area contributed by atoms with Gasteiger partial charge >= 0.3 is 0 Å². The van der Waals surface area contributed by atoms with Gasteiger partial charge in [-0.3, -0.25) is 4.79 Å². The Kier molecular flexibility index (Phi) is 3.52. The molecule has 7 nitrogen and oxygen atoms in total. The van der Waals surface area contributed by atoms with Gasteiger partial charge in [0.05, 0.1) is 29.5 Å². The van der Waals surface area contributed by atoms with E-state index in [9.17, 15) is 13.2 Å². The van der Waals surface area contributed by atoms with Gasteiger partial charge in [-0.15, -0.1) is 0 Å². The van der Waals surface area contributed by atoms with Gasteiger partial charge in [0.25, 0.3) is 0 Å². The molecule has 1 saturated carbocycles. The topological polar surface area (TPSA) is 94.2 Å². The van der Waals surface area contributed by atoms with Gasteiger partial charge < -0.3 is 9.73 Å². The third-order valence-corrected chi connectivity index (χ3v) is 6.45. The summed E-state index contributed by atoms with van der Waals surface area (Å²) in [5.41, 5.74) is 0.757. The highest BCUT2D eigenvalue weighted by atomic mass is 32.2. The number of nitrogens with zero attached hydrogens (tertiary/aromatic N) is 2. The molecule has 0 spiro atoms. The lowest BCUT2D eigenvalue weighted by Crippen LogP contribution is -2.20. The normalized spacial score (nSPS) is 28.0. The first-order valence-corrected chi connectivity index (χ1v) is 9.86. The molecule has 3 atom stereocenters. The fraction of sp³-hybridized carbons (Fsp3) is 0.500. The van der Waals surface area contributed by atoms with Crippen LogP contribution in [-0.2, 0) is 14.6 Å². The maximum atomic E-state index is 12.5. The van der Waals surface area contributed by atoms with Crippen molar-refractivity contribution in [2.75, 3.05) is 16.8 Å². The summed E-state index contributed by atoms with van der Waals surface area (Å²) in [6, 6.07) is 5.28. The van der Waals surface area contributed by atoms with Gasteiger partial charge in [-0.1, -0.05) is 0 Å². The molecule has 2 aliphatic rings. The van der Waals surface area contributed by atoms with E-state index < -0.39 is 9.84 Å². The molecule has 2 aromatic rings. The second-order valence-corrected chi connectivity index (χ2v) is 8.85. The molecule has 0 unspecified atom stereocenters. The quantitative estimate of drug-likeness (QED) is 0.909. The van der Waals surface area contributed by atoms with Crippen LogP contribution in [0.3, 0.4) is 0 Å². The first kappa shape index (κ1) is 15.4. The van der Waals surface area contributed by atoms with Crippen LogP contribution in [0.4, 0.5) is 5.82 Å². The van der Waals surface area contributed by atoms with E-state index in [1.54, 1.807) is 17.0 Å². The lowest BCUT2D eigenvalue weighted by Gasteiger charge is -2.13. The summed E-state index contributed by atoms with van der Waals surface area (Å²) in [6.07, 6.45) is 2.91. The predicted octanol–water partition coefficient (Wildman–Crippen LogP) is 1.89. The molecule has 128 valence electrons. The van der Waals surface area contributed by atoms with Crippen molar-refractivity contribution in [1.29, 1.82) is 0 Å². The number of anilines is 1. The van der Waals surface area contributed by atoms with Crippen molar-refractivity contribution >= 4 is 21.6 Å². The molecule has 1 aliphatic heterocycles. The third kappa shape index (κ3) is 2.86. The number of hydrogen-bond donors (Lipinski definition) is 1. The second-order valence-electron chi connectivity index (χ2n) is 6.63. The molecule has 4 rings (SSSR count). The van der Waals surface area contributed by atoms with Crippen LogP contribution >= 0.6 is 0 Å². The summed E-state index contributed by atoms with van der Waals surface area (Å²) < 4.78 is 30.4. The van der Waals surface area contributed by atoms with Gasteiger partial charge in [-0.05, 0) is 31.9 Å². The Morgan fingerprint density at radius 1 is 1.46 bits per heavy atom. The highest BCUT2D eigenvalue weighted by molar-refractivity contribution is 7.91. The summed E-state index contributed by atoms with van der Waals surface area (Å²) in [4.78, 5) is 12.5. The number of rotatable bonds is 4. The van der Waals surface area contributed by atoms with Crippen LogP contribution in [0, 0.1) is 12.8 Å². The number of carbonyl (C=O) groups excluding carboxylic acids is 1. The van der Waals surface area contributed by atoms with Gasteiger partial charge in [-0.2, -0.15) is 5.10 Å². The Bertz CT molecular complexity index is 869. The van der Waals surface area contributed by atoms with Gasteiger partial charge in [0.1, 0.15) is 11.6 Å². The average molecular weight is 349 g/mol. The number of sulfone groups is 1. The molecule has 1 aliphatic carbocycles. The van der Waals surface area contributed by atoms with Gasteiger partial charge in [-0.25, -0.2) is 13.1 Å². The summed E-state index contributed by atoms with van der Waals surface area (Å²) in [5.74, 6) is 1.61. The Hall–Kier alpha value is -2.09. The zero-order valence-electron chi connectivity index (χ0n) is 13.3. The van der Waals surface area contributed by atoms with Crippen molar-refractivity contribution in [2.45, 2.75) is 31.7 Å². The van der Waals surface area contributed by atoms with E-state index in [0.717, 1.165) is 17.9 Å². The fourth-order valence-electron chi connectivity index (χ4n) is 3.38. The van der Waals surface area contributed by atoms with Crippen LogP contribution in [0.1, 0.15) is 36.3 Å². The zero-order valence-corrected chi connectivity index (χ0v) is 14.1. The summed E-state index contributed by atoms with van der Waals surface area (Å²) in [6.45, 7) is 1.83. The van der Waals surface area contributed by atoms with E-state index in [4.69, 9.17) is 4.42 Å². The molecule has 8 heteroatoms. The fourth-order valence-corrected chi connectivity index (χ4v) is 5.07. The van der Waals surface area contributed by atoms with Crippen molar-refractivity contribution in [3.8, 4) is 0 Å². The molecule has 2 fully saturated rings. The standard InChI is InChI=1S/C16H19N3O4S/c1-10-7-15(19(18-10)11-4-6-24(21,22)9-11)17-16(20)13-8-12(13)14-3-2-5-23-14/h2-3,5,7,11-13H,4,6,8-9H2,1H3,(H,17,20)/t11-,12-,13+/m0/s1. The summed E-state index contributed by atoms with van der Waals surface area (Å²) in [7, 11) is -3.01. The van der Waals surface area contributed by atoms with Crippen LogP contribution in [-0.4, -0.2) is 35.6 Å². The van der Waals surface area contributed by atoms with Crippen molar-refractivity contribution in [2.24, 2.45) is 5.92 Å². The summed E-state index contributed by atoms with van der Waals surface area (Å²) in [5, 5.41) is 7.29. The number of furan rings is 1. The van der Waals surface area contributed by atoms with Crippen molar-refractivity contribution in [3.05, 3.63) is 35.9 Å². The minimum atomic E-state index is -3.01. The molecule has 0 radical (unpaired) electrons. The minimum absolute atomic E-state index is 0.0709. The maximum Gasteiger partial charge on any atom is 0.229 e. The van der Waals surface area contributed by atoms with Crippen molar-refractivity contribution < 1.29 is 17.6 Å². The van der Waals surface area contributed by atoms with Crippen LogP contribution in [0.25, 0.3) is 0 Å². The van der Waals surface area contributed by atoms with Crippen molar-refractivity contribution in [3.63, 3.8) is 0 Å². The lowest BCUT2D eigenvalue weighted by molar-refractivity contribution is -0.117. The molecule has 0 bridgehead atoms. The Balaban J connectivity index is 1.48. The van der Waals surface area contributed by atoms with Crippen LogP contribution in [0.2, 0.25) is 0 Å². The van der Waals surface area contributed by atoms with Gasteiger partial charge in [0.15, 0.2) is 9.84 Å². The van der Waals surface area contributed by atoms with E-state index in [2.05, 4.69) is 10.4 Å². The summed E-state index contributed by atoms with van der Waals surface area (Å²) >= 11 is 0. The van der Waals surface area contributed by atoms with Gasteiger partial charge in [0.2, 0.25) is 5.91 Å². The number of nitrogens with one attached hydrogen (secondary N) is 1. The highest BCUT2D eigenvalue weighted by Gasteiger charge is 2.46. The van der Waals surface area contributed by atoms with Gasteiger partial charge in [0, 0.05) is 17.9 Å². The smallest absolute Gasteiger partial charge is 0.229 e. The first-order valence-electron chi connectivity index (χ1n) is 8.04. The number of aryl methyl sites for hydroxylation is 1. The number of aromatic nitrogens is 2. The van der Waals surface area contributed by atoms with E-state index in [0.29, 0.717) is 12.2 Å². The number of hydrogen-bond acceptors (Lipinski definition) is 5. The molecule has 0 aromatic carbocycles. The van der Waals surface area contributed by atoms with E-state index >= 15 is 0 Å². The highest BCUT2D eigenvalue weighted by Crippen LogP contribution is 2.48. The zero-order chi connectivity index (χ0) is 16.9.